The fraction of sp³-hybridized carbons (Fsp3) is 0.455. The van der Waals surface area contributed by atoms with Crippen LogP contribution in [0.3, 0.4) is 0 Å². The zero-order valence-corrected chi connectivity index (χ0v) is 9.89. The van der Waals surface area contributed by atoms with E-state index in [1.54, 1.807) is 12.1 Å². The summed E-state index contributed by atoms with van der Waals surface area (Å²) in [6.07, 6.45) is 0.857. The molecule has 0 bridgehead atoms. The van der Waals surface area contributed by atoms with Crippen LogP contribution in [0.25, 0.3) is 0 Å². The monoisotopic (exact) mass is 229 g/mol. The summed E-state index contributed by atoms with van der Waals surface area (Å²) in [6, 6.07) is 6.00. The lowest BCUT2D eigenvalue weighted by atomic mass is 10.4. The lowest BCUT2D eigenvalue weighted by Crippen LogP contribution is -2.15. The van der Waals surface area contributed by atoms with Gasteiger partial charge in [-0.1, -0.05) is 6.07 Å². The van der Waals surface area contributed by atoms with Crippen LogP contribution in [0.4, 0.5) is 4.39 Å². The van der Waals surface area contributed by atoms with Crippen molar-refractivity contribution in [2.45, 2.75) is 11.3 Å². The molecule has 15 heavy (non-hydrogen) atoms. The molecule has 4 heteroatoms. The van der Waals surface area contributed by atoms with Gasteiger partial charge in [-0.05, 0) is 45.3 Å². The zero-order valence-electron chi connectivity index (χ0n) is 9.07. The molecule has 0 heterocycles. The SMILES string of the molecule is CN(C)CCCS(=O)c1cccc(F)c1. The Kier molecular flexibility index (Phi) is 4.91. The van der Waals surface area contributed by atoms with Gasteiger partial charge in [-0.3, -0.25) is 4.21 Å². The second-order valence-corrected chi connectivity index (χ2v) is 5.23. The van der Waals surface area contributed by atoms with E-state index in [1.807, 2.05) is 19.0 Å². The van der Waals surface area contributed by atoms with Crippen molar-refractivity contribution in [1.29, 1.82) is 0 Å². The first-order valence-corrected chi connectivity index (χ1v) is 6.20. The van der Waals surface area contributed by atoms with Crippen LogP contribution in [0.2, 0.25) is 0 Å². The van der Waals surface area contributed by atoms with Gasteiger partial charge in [-0.2, -0.15) is 0 Å². The van der Waals surface area contributed by atoms with Crippen molar-refractivity contribution in [1.82, 2.24) is 4.90 Å². The minimum atomic E-state index is -1.08. The largest absolute Gasteiger partial charge is 0.309 e. The molecule has 0 aliphatic rings. The molecule has 84 valence electrons. The molecular weight excluding hydrogens is 213 g/mol. The van der Waals surface area contributed by atoms with Crippen molar-refractivity contribution in [3.05, 3.63) is 30.1 Å². The first-order chi connectivity index (χ1) is 7.09. The predicted molar refractivity (Wildman–Crippen MR) is 60.8 cm³/mol. The minimum absolute atomic E-state index is 0.326. The lowest BCUT2D eigenvalue weighted by Gasteiger charge is -2.08. The molecule has 0 aliphatic heterocycles. The number of hydrogen-bond acceptors (Lipinski definition) is 2. The van der Waals surface area contributed by atoms with Crippen molar-refractivity contribution in [3.8, 4) is 0 Å². The highest BCUT2D eigenvalue weighted by molar-refractivity contribution is 7.85. The molecule has 0 radical (unpaired) electrons. The summed E-state index contributed by atoms with van der Waals surface area (Å²) in [5.41, 5.74) is 0. The smallest absolute Gasteiger partial charge is 0.124 e. The molecule has 0 fully saturated rings. The van der Waals surface area contributed by atoms with E-state index in [0.29, 0.717) is 10.6 Å². The fourth-order valence-corrected chi connectivity index (χ4v) is 2.34. The average molecular weight is 229 g/mol. The Morgan fingerprint density at radius 1 is 1.40 bits per heavy atom. The van der Waals surface area contributed by atoms with Gasteiger partial charge >= 0.3 is 0 Å². The van der Waals surface area contributed by atoms with Gasteiger partial charge in [0.25, 0.3) is 0 Å². The molecule has 2 nitrogen and oxygen atoms in total. The maximum Gasteiger partial charge on any atom is 0.124 e. The van der Waals surface area contributed by atoms with Crippen LogP contribution in [0.1, 0.15) is 6.42 Å². The Morgan fingerprint density at radius 3 is 2.73 bits per heavy atom. The molecule has 1 rings (SSSR count). The third-order valence-corrected chi connectivity index (χ3v) is 3.43. The van der Waals surface area contributed by atoms with E-state index in [1.165, 1.54) is 12.1 Å². The number of nitrogens with zero attached hydrogens (tertiary/aromatic N) is 1. The summed E-state index contributed by atoms with van der Waals surface area (Å²) in [4.78, 5) is 2.62. The molecule has 0 N–H and O–H groups in total. The maximum absolute atomic E-state index is 12.8. The van der Waals surface area contributed by atoms with Gasteiger partial charge in [0, 0.05) is 10.6 Å². The third-order valence-electron chi connectivity index (χ3n) is 1.99. The van der Waals surface area contributed by atoms with E-state index in [9.17, 15) is 8.60 Å². The second kappa shape index (κ2) is 5.98. The van der Waals surface area contributed by atoms with Crippen molar-refractivity contribution >= 4 is 10.8 Å². The van der Waals surface area contributed by atoms with Gasteiger partial charge in [0.15, 0.2) is 0 Å². The molecule has 0 aromatic heterocycles. The summed E-state index contributed by atoms with van der Waals surface area (Å²) in [7, 11) is 2.88. The maximum atomic E-state index is 12.8. The summed E-state index contributed by atoms with van der Waals surface area (Å²) in [5.74, 6) is 0.259. The summed E-state index contributed by atoms with van der Waals surface area (Å²) >= 11 is 0. The Morgan fingerprint density at radius 2 is 2.13 bits per heavy atom. The predicted octanol–water partition coefficient (Wildman–Crippen LogP) is 1.89. The number of benzene rings is 1. The van der Waals surface area contributed by atoms with E-state index in [4.69, 9.17) is 0 Å². The van der Waals surface area contributed by atoms with Crippen LogP contribution >= 0.6 is 0 Å². The topological polar surface area (TPSA) is 20.3 Å². The number of hydrogen-bond donors (Lipinski definition) is 0. The second-order valence-electron chi connectivity index (χ2n) is 3.66. The van der Waals surface area contributed by atoms with Gasteiger partial charge in [0.05, 0.1) is 10.8 Å². The van der Waals surface area contributed by atoms with Gasteiger partial charge in [0.1, 0.15) is 5.82 Å². The quantitative estimate of drug-likeness (QED) is 0.768. The molecule has 0 aliphatic carbocycles. The standard InChI is InChI=1S/C11H16FNOS/c1-13(2)7-4-8-15(14)11-6-3-5-10(12)9-11/h3,5-6,9H,4,7-8H2,1-2H3. The van der Waals surface area contributed by atoms with Gasteiger partial charge in [-0.15, -0.1) is 0 Å². The summed E-state index contributed by atoms with van der Waals surface area (Å²) in [5, 5.41) is 0. The lowest BCUT2D eigenvalue weighted by molar-refractivity contribution is 0.409. The Bertz CT molecular complexity index is 341. The normalized spacial score (nSPS) is 13.1. The molecule has 1 aromatic rings. The Hall–Kier alpha value is -0.740. The van der Waals surface area contributed by atoms with Crippen LogP contribution in [-0.2, 0) is 10.8 Å². The first-order valence-electron chi connectivity index (χ1n) is 4.88. The number of halogens is 1. The van der Waals surface area contributed by atoms with Gasteiger partial charge in [0.2, 0.25) is 0 Å². The molecule has 0 saturated carbocycles. The zero-order chi connectivity index (χ0) is 11.3. The van der Waals surface area contributed by atoms with Crippen molar-refractivity contribution in [3.63, 3.8) is 0 Å². The van der Waals surface area contributed by atoms with Crippen LogP contribution in [0, 0.1) is 5.82 Å². The Balaban J connectivity index is 2.47. The van der Waals surface area contributed by atoms with Crippen molar-refractivity contribution in [2.75, 3.05) is 26.4 Å². The molecular formula is C11H16FNOS. The van der Waals surface area contributed by atoms with Crippen molar-refractivity contribution < 1.29 is 8.60 Å². The molecule has 0 saturated heterocycles. The molecule has 0 spiro atoms. The average Bonchev–Trinajstić information content (AvgIpc) is 2.17. The third kappa shape index (κ3) is 4.53. The highest BCUT2D eigenvalue weighted by Crippen LogP contribution is 2.09. The van der Waals surface area contributed by atoms with E-state index < -0.39 is 10.8 Å². The summed E-state index contributed by atoms with van der Waals surface area (Å²) in [6.45, 7) is 0.904. The minimum Gasteiger partial charge on any atom is -0.309 e. The fourth-order valence-electron chi connectivity index (χ4n) is 1.24. The van der Waals surface area contributed by atoms with Gasteiger partial charge < -0.3 is 4.90 Å². The highest BCUT2D eigenvalue weighted by Gasteiger charge is 2.04. The number of rotatable bonds is 5. The molecule has 1 atom stereocenters. The van der Waals surface area contributed by atoms with E-state index in [-0.39, 0.29) is 5.82 Å². The van der Waals surface area contributed by atoms with Crippen LogP contribution in [-0.4, -0.2) is 35.5 Å². The van der Waals surface area contributed by atoms with E-state index in [2.05, 4.69) is 0 Å². The van der Waals surface area contributed by atoms with Crippen LogP contribution in [0.15, 0.2) is 29.2 Å². The van der Waals surface area contributed by atoms with Crippen LogP contribution in [0.5, 0.6) is 0 Å². The molecule has 1 unspecified atom stereocenters. The highest BCUT2D eigenvalue weighted by atomic mass is 32.2. The van der Waals surface area contributed by atoms with Gasteiger partial charge in [-0.25, -0.2) is 4.39 Å². The first kappa shape index (κ1) is 12.3. The summed E-state index contributed by atoms with van der Waals surface area (Å²) < 4.78 is 24.5. The van der Waals surface area contributed by atoms with Crippen molar-refractivity contribution in [2.24, 2.45) is 0 Å². The molecule has 0 amide bonds. The van der Waals surface area contributed by atoms with Crippen LogP contribution < -0.4 is 0 Å². The molecule has 1 aromatic carbocycles. The van der Waals surface area contributed by atoms with E-state index >= 15 is 0 Å². The Labute approximate surface area is 92.6 Å². The van der Waals surface area contributed by atoms with E-state index in [0.717, 1.165) is 13.0 Å².